The molecule has 0 fully saturated rings. The van der Waals surface area contributed by atoms with Crippen LogP contribution in [-0.2, 0) is 10.2 Å². The summed E-state index contributed by atoms with van der Waals surface area (Å²) < 4.78 is 0. The highest BCUT2D eigenvalue weighted by molar-refractivity contribution is 8.00. The summed E-state index contributed by atoms with van der Waals surface area (Å²) in [7, 11) is 0. The molecule has 0 aliphatic carbocycles. The molecule has 0 saturated heterocycles. The van der Waals surface area contributed by atoms with E-state index in [1.165, 1.54) is 24.2 Å². The Hall–Kier alpha value is -2.65. The summed E-state index contributed by atoms with van der Waals surface area (Å²) in [5.41, 5.74) is 3.25. The van der Waals surface area contributed by atoms with Crippen LogP contribution >= 0.6 is 11.8 Å². The monoisotopic (exact) mass is 395 g/mol. The van der Waals surface area contributed by atoms with Crippen LogP contribution in [-0.4, -0.2) is 21.9 Å². The highest BCUT2D eigenvalue weighted by Crippen LogP contribution is 2.28. The fourth-order valence-corrected chi connectivity index (χ4v) is 3.55. The molecule has 0 bridgehead atoms. The maximum Gasteiger partial charge on any atom is 0.237 e. The third-order valence-corrected chi connectivity index (χ3v) is 5.46. The maximum absolute atomic E-state index is 12.6. The molecule has 1 N–H and O–H groups in total. The Morgan fingerprint density at radius 2 is 1.82 bits per heavy atom. The summed E-state index contributed by atoms with van der Waals surface area (Å²) in [6.07, 6.45) is 0. The molecule has 1 amide bonds. The lowest BCUT2D eigenvalue weighted by Crippen LogP contribution is -2.23. The first kappa shape index (κ1) is 21.6. The average Bonchev–Trinajstić information content (AvgIpc) is 2.61. The third kappa shape index (κ3) is 5.20. The van der Waals surface area contributed by atoms with Crippen LogP contribution in [0.3, 0.4) is 0 Å². The van der Waals surface area contributed by atoms with E-state index < -0.39 is 5.25 Å². The number of carbonyl (C=O) groups excluding carboxylic acids is 2. The Kier molecular flexibility index (Phi) is 6.63. The number of pyridine rings is 1. The van der Waals surface area contributed by atoms with E-state index >= 15 is 0 Å². The summed E-state index contributed by atoms with van der Waals surface area (Å²) in [5, 5.41) is 12.3. The number of anilines is 1. The molecule has 2 rings (SSSR count). The lowest BCUT2D eigenvalue weighted by molar-refractivity contribution is -0.115. The minimum absolute atomic E-state index is 0.0505. The van der Waals surface area contributed by atoms with Gasteiger partial charge in [-0.1, -0.05) is 44.7 Å². The lowest BCUT2D eigenvalue weighted by atomic mass is 9.87. The van der Waals surface area contributed by atoms with E-state index in [-0.39, 0.29) is 17.1 Å². The second-order valence-corrected chi connectivity index (χ2v) is 9.05. The van der Waals surface area contributed by atoms with Gasteiger partial charge in [0.1, 0.15) is 11.1 Å². The Balaban J connectivity index is 2.13. The summed E-state index contributed by atoms with van der Waals surface area (Å²) >= 11 is 1.21. The van der Waals surface area contributed by atoms with E-state index in [1.54, 1.807) is 19.9 Å². The van der Waals surface area contributed by atoms with Crippen LogP contribution in [0.1, 0.15) is 61.8 Å². The minimum Gasteiger partial charge on any atom is -0.325 e. The summed E-state index contributed by atoms with van der Waals surface area (Å²) in [6.45, 7) is 11.3. The van der Waals surface area contributed by atoms with Gasteiger partial charge in [0.15, 0.2) is 5.78 Å². The number of nitrogens with one attached hydrogen (secondary N) is 1. The van der Waals surface area contributed by atoms with Gasteiger partial charge < -0.3 is 5.32 Å². The van der Waals surface area contributed by atoms with Crippen molar-refractivity contribution in [3.8, 4) is 6.07 Å². The first-order valence-corrected chi connectivity index (χ1v) is 9.91. The molecular weight excluding hydrogens is 370 g/mol. The smallest absolute Gasteiger partial charge is 0.237 e. The van der Waals surface area contributed by atoms with Gasteiger partial charge in [-0.3, -0.25) is 9.59 Å². The number of carbonyl (C=O) groups is 2. The van der Waals surface area contributed by atoms with Gasteiger partial charge >= 0.3 is 0 Å². The Morgan fingerprint density at radius 3 is 2.32 bits per heavy atom. The number of hydrogen-bond acceptors (Lipinski definition) is 5. The molecule has 2 aromatic rings. The molecule has 1 aromatic carbocycles. The van der Waals surface area contributed by atoms with Crippen molar-refractivity contribution in [3.05, 3.63) is 52.7 Å². The molecule has 5 nitrogen and oxygen atoms in total. The van der Waals surface area contributed by atoms with Crippen molar-refractivity contribution in [2.24, 2.45) is 0 Å². The summed E-state index contributed by atoms with van der Waals surface area (Å²) in [5.74, 6) is -0.310. The third-order valence-electron chi connectivity index (χ3n) is 4.35. The van der Waals surface area contributed by atoms with Crippen LogP contribution < -0.4 is 5.32 Å². The first-order chi connectivity index (χ1) is 13.0. The zero-order chi connectivity index (χ0) is 21.1. The number of amides is 1. The topological polar surface area (TPSA) is 82.8 Å². The predicted octanol–water partition coefficient (Wildman–Crippen LogP) is 4.88. The van der Waals surface area contributed by atoms with Crippen LogP contribution in [0.2, 0.25) is 0 Å². The van der Waals surface area contributed by atoms with Crippen molar-refractivity contribution < 1.29 is 9.59 Å². The van der Waals surface area contributed by atoms with Gasteiger partial charge in [0.05, 0.1) is 10.8 Å². The summed E-state index contributed by atoms with van der Waals surface area (Å²) in [4.78, 5) is 28.6. The molecule has 28 heavy (non-hydrogen) atoms. The Bertz CT molecular complexity index is 938. The number of thioether (sulfide) groups is 1. The van der Waals surface area contributed by atoms with Gasteiger partial charge in [0.2, 0.25) is 5.91 Å². The van der Waals surface area contributed by atoms with Gasteiger partial charge in [-0.2, -0.15) is 5.26 Å². The van der Waals surface area contributed by atoms with Gasteiger partial charge in [-0.05, 0) is 49.9 Å². The predicted molar refractivity (Wildman–Crippen MR) is 113 cm³/mol. The van der Waals surface area contributed by atoms with E-state index in [9.17, 15) is 14.9 Å². The maximum atomic E-state index is 12.6. The molecule has 1 unspecified atom stereocenters. The second-order valence-electron chi connectivity index (χ2n) is 7.72. The number of nitrogens with zero attached hydrogens (tertiary/aromatic N) is 2. The number of rotatable bonds is 5. The molecular formula is C22H25N3O2S. The van der Waals surface area contributed by atoms with Crippen molar-refractivity contribution >= 4 is 29.1 Å². The van der Waals surface area contributed by atoms with Crippen LogP contribution in [0.5, 0.6) is 0 Å². The Morgan fingerprint density at radius 1 is 1.21 bits per heavy atom. The van der Waals surface area contributed by atoms with Crippen molar-refractivity contribution in [2.45, 2.75) is 57.2 Å². The van der Waals surface area contributed by atoms with Crippen LogP contribution in [0.25, 0.3) is 0 Å². The molecule has 0 aliphatic heterocycles. The number of Topliss-reactive ketones (excluding diaryl/α,β-unsaturated/α-hetero) is 1. The SMILES string of the molecule is CC(=O)c1cc(C#N)c(SC(C)C(=O)Nc2ccc(C(C)(C)C)cc2)nc1C. The van der Waals surface area contributed by atoms with Crippen molar-refractivity contribution in [1.82, 2.24) is 4.98 Å². The molecule has 0 aliphatic rings. The van der Waals surface area contributed by atoms with E-state index in [2.05, 4.69) is 37.1 Å². The zero-order valence-electron chi connectivity index (χ0n) is 17.1. The highest BCUT2D eigenvalue weighted by Gasteiger charge is 2.20. The fraction of sp³-hybridized carbons (Fsp3) is 0.364. The summed E-state index contributed by atoms with van der Waals surface area (Å²) in [6, 6.07) is 11.4. The van der Waals surface area contributed by atoms with E-state index in [0.717, 1.165) is 5.69 Å². The quantitative estimate of drug-likeness (QED) is 0.576. The number of aryl methyl sites for hydroxylation is 1. The molecule has 6 heteroatoms. The van der Waals surface area contributed by atoms with E-state index in [0.29, 0.717) is 21.8 Å². The standard InChI is InChI=1S/C22H25N3O2S/c1-13-19(14(2)26)11-16(12-23)21(24-13)28-15(3)20(27)25-18-9-7-17(8-10-18)22(4,5)6/h7-11,15H,1-6H3,(H,25,27). The number of hydrogen-bond donors (Lipinski definition) is 1. The molecule has 1 atom stereocenters. The first-order valence-electron chi connectivity index (χ1n) is 9.03. The van der Waals surface area contributed by atoms with Gasteiger partial charge in [-0.15, -0.1) is 0 Å². The minimum atomic E-state index is -0.454. The highest BCUT2D eigenvalue weighted by atomic mass is 32.2. The van der Waals surface area contributed by atoms with Gasteiger partial charge in [0.25, 0.3) is 0 Å². The Labute approximate surface area is 170 Å². The van der Waals surface area contributed by atoms with Crippen LogP contribution in [0, 0.1) is 18.3 Å². The van der Waals surface area contributed by atoms with Crippen molar-refractivity contribution in [3.63, 3.8) is 0 Å². The van der Waals surface area contributed by atoms with Gasteiger partial charge in [0, 0.05) is 16.9 Å². The molecule has 0 spiro atoms. The zero-order valence-corrected chi connectivity index (χ0v) is 17.9. The molecule has 1 heterocycles. The van der Waals surface area contributed by atoms with Crippen LogP contribution in [0.4, 0.5) is 5.69 Å². The number of aromatic nitrogens is 1. The average molecular weight is 396 g/mol. The normalized spacial score (nSPS) is 12.2. The number of ketones is 1. The van der Waals surface area contributed by atoms with E-state index in [4.69, 9.17) is 0 Å². The number of nitriles is 1. The van der Waals surface area contributed by atoms with Gasteiger partial charge in [-0.25, -0.2) is 4.98 Å². The fourth-order valence-electron chi connectivity index (χ4n) is 2.63. The largest absolute Gasteiger partial charge is 0.325 e. The number of benzene rings is 1. The van der Waals surface area contributed by atoms with E-state index in [1.807, 2.05) is 24.3 Å². The lowest BCUT2D eigenvalue weighted by Gasteiger charge is -2.19. The molecule has 0 saturated carbocycles. The van der Waals surface area contributed by atoms with Crippen molar-refractivity contribution in [1.29, 1.82) is 5.26 Å². The second kappa shape index (κ2) is 8.57. The van der Waals surface area contributed by atoms with Crippen molar-refractivity contribution in [2.75, 3.05) is 5.32 Å². The molecule has 146 valence electrons. The van der Waals surface area contributed by atoms with Crippen LogP contribution in [0.15, 0.2) is 35.4 Å². The molecule has 1 aromatic heterocycles. The molecule has 0 radical (unpaired) electrons.